The van der Waals surface area contributed by atoms with Crippen molar-refractivity contribution >= 4 is 5.97 Å². The number of nitrogens with zero attached hydrogens (tertiary/aromatic N) is 2. The molecule has 0 spiro atoms. The number of aliphatic carboxylic acids is 1. The predicted octanol–water partition coefficient (Wildman–Crippen LogP) is 1.23. The summed E-state index contributed by atoms with van der Waals surface area (Å²) < 4.78 is 1.37. The van der Waals surface area contributed by atoms with Crippen molar-refractivity contribution in [2.24, 2.45) is 0 Å². The Hall–Kier alpha value is -2.43. The van der Waals surface area contributed by atoms with Crippen molar-refractivity contribution in [2.45, 2.75) is 19.9 Å². The summed E-state index contributed by atoms with van der Waals surface area (Å²) in [5.41, 5.74) is 2.33. The van der Waals surface area contributed by atoms with Crippen LogP contribution in [0.4, 0.5) is 0 Å². The molecule has 0 atom stereocenters. The van der Waals surface area contributed by atoms with E-state index in [4.69, 9.17) is 5.11 Å². The van der Waals surface area contributed by atoms with Crippen LogP contribution in [0.15, 0.2) is 41.3 Å². The molecule has 19 heavy (non-hydrogen) atoms. The van der Waals surface area contributed by atoms with Gasteiger partial charge in [-0.25, -0.2) is 4.68 Å². The van der Waals surface area contributed by atoms with Gasteiger partial charge in [-0.3, -0.25) is 9.59 Å². The van der Waals surface area contributed by atoms with Gasteiger partial charge in [0.05, 0.1) is 19.2 Å². The molecule has 0 bridgehead atoms. The van der Waals surface area contributed by atoms with Crippen LogP contribution in [0.25, 0.3) is 0 Å². The Bertz CT molecular complexity index is 644. The zero-order valence-corrected chi connectivity index (χ0v) is 10.5. The molecule has 2 rings (SSSR count). The number of rotatable bonds is 4. The van der Waals surface area contributed by atoms with Crippen LogP contribution in [0, 0.1) is 6.92 Å². The van der Waals surface area contributed by atoms with Crippen molar-refractivity contribution in [1.82, 2.24) is 9.78 Å². The second-order valence-electron chi connectivity index (χ2n) is 4.42. The lowest BCUT2D eigenvalue weighted by Crippen LogP contribution is -2.22. The molecule has 0 radical (unpaired) electrons. The van der Waals surface area contributed by atoms with E-state index < -0.39 is 5.97 Å². The molecule has 2 aromatic rings. The highest BCUT2D eigenvalue weighted by Gasteiger charge is 2.02. The molecule has 0 aliphatic heterocycles. The van der Waals surface area contributed by atoms with Crippen molar-refractivity contribution in [3.63, 3.8) is 0 Å². The number of aryl methyl sites for hydroxylation is 1. The van der Waals surface area contributed by atoms with Gasteiger partial charge < -0.3 is 5.11 Å². The molecule has 1 aromatic heterocycles. The quantitative estimate of drug-likeness (QED) is 0.895. The van der Waals surface area contributed by atoms with Crippen LogP contribution >= 0.6 is 0 Å². The standard InChI is InChI=1S/C14H14N2O3/c1-10-6-13(17)16(15-8-10)9-12-4-2-11(3-5-12)7-14(18)19/h2-6,8H,7,9H2,1H3,(H,18,19). The Morgan fingerprint density at radius 1 is 1.26 bits per heavy atom. The molecule has 1 N–H and O–H groups in total. The monoisotopic (exact) mass is 258 g/mol. The van der Waals surface area contributed by atoms with E-state index in [1.165, 1.54) is 10.7 Å². The summed E-state index contributed by atoms with van der Waals surface area (Å²) in [6, 6.07) is 8.66. The van der Waals surface area contributed by atoms with E-state index in [1.54, 1.807) is 18.3 Å². The Labute approximate surface area is 110 Å². The number of carboxylic acid groups (broad SMARTS) is 1. The maximum Gasteiger partial charge on any atom is 0.307 e. The van der Waals surface area contributed by atoms with Crippen molar-refractivity contribution in [3.8, 4) is 0 Å². The average Bonchev–Trinajstić information content (AvgIpc) is 2.34. The second kappa shape index (κ2) is 5.48. The molecule has 1 aromatic carbocycles. The number of carbonyl (C=O) groups is 1. The summed E-state index contributed by atoms with van der Waals surface area (Å²) in [7, 11) is 0. The Morgan fingerprint density at radius 3 is 2.47 bits per heavy atom. The molecule has 98 valence electrons. The molecular weight excluding hydrogens is 244 g/mol. The zero-order chi connectivity index (χ0) is 13.8. The molecule has 5 heteroatoms. The number of carboxylic acids is 1. The maximum atomic E-state index is 11.7. The zero-order valence-electron chi connectivity index (χ0n) is 10.5. The molecule has 0 amide bonds. The summed E-state index contributed by atoms with van der Waals surface area (Å²) in [5.74, 6) is -0.857. The first-order chi connectivity index (χ1) is 9.04. The van der Waals surface area contributed by atoms with E-state index in [0.29, 0.717) is 6.54 Å². The first-order valence-electron chi connectivity index (χ1n) is 5.88. The minimum atomic E-state index is -0.857. The highest BCUT2D eigenvalue weighted by Crippen LogP contribution is 2.06. The van der Waals surface area contributed by atoms with Crippen molar-refractivity contribution < 1.29 is 9.90 Å². The van der Waals surface area contributed by atoms with Crippen LogP contribution in [-0.2, 0) is 17.8 Å². The van der Waals surface area contributed by atoms with Crippen molar-refractivity contribution in [3.05, 3.63) is 63.6 Å². The van der Waals surface area contributed by atoms with Crippen LogP contribution in [0.2, 0.25) is 0 Å². The van der Waals surface area contributed by atoms with E-state index in [9.17, 15) is 9.59 Å². The van der Waals surface area contributed by atoms with Gasteiger partial charge in [-0.05, 0) is 23.6 Å². The highest BCUT2D eigenvalue weighted by molar-refractivity contribution is 5.70. The molecule has 5 nitrogen and oxygen atoms in total. The molecule has 0 unspecified atom stereocenters. The normalized spacial score (nSPS) is 10.4. The number of hydrogen-bond donors (Lipinski definition) is 1. The van der Waals surface area contributed by atoms with Crippen LogP contribution in [0.5, 0.6) is 0 Å². The minimum Gasteiger partial charge on any atom is -0.481 e. The smallest absolute Gasteiger partial charge is 0.307 e. The lowest BCUT2D eigenvalue weighted by molar-refractivity contribution is -0.136. The van der Waals surface area contributed by atoms with Gasteiger partial charge in [0.25, 0.3) is 5.56 Å². The number of benzene rings is 1. The fraction of sp³-hybridized carbons (Fsp3) is 0.214. The largest absolute Gasteiger partial charge is 0.481 e. The molecule has 0 aliphatic rings. The SMILES string of the molecule is Cc1cnn(Cc2ccc(CC(=O)O)cc2)c(=O)c1. The van der Waals surface area contributed by atoms with Gasteiger partial charge in [-0.2, -0.15) is 5.10 Å². The predicted molar refractivity (Wildman–Crippen MR) is 70.1 cm³/mol. The third kappa shape index (κ3) is 3.51. The number of hydrogen-bond acceptors (Lipinski definition) is 3. The van der Waals surface area contributed by atoms with E-state index in [-0.39, 0.29) is 12.0 Å². The van der Waals surface area contributed by atoms with Crippen LogP contribution in [0.3, 0.4) is 0 Å². The van der Waals surface area contributed by atoms with Gasteiger partial charge in [0.2, 0.25) is 0 Å². The molecule has 0 aliphatic carbocycles. The van der Waals surface area contributed by atoms with E-state index in [1.807, 2.05) is 19.1 Å². The molecule has 0 saturated carbocycles. The van der Waals surface area contributed by atoms with Crippen molar-refractivity contribution in [2.75, 3.05) is 0 Å². The van der Waals surface area contributed by atoms with Gasteiger partial charge in [0.1, 0.15) is 0 Å². The fourth-order valence-corrected chi connectivity index (χ4v) is 1.75. The lowest BCUT2D eigenvalue weighted by atomic mass is 10.1. The van der Waals surface area contributed by atoms with Gasteiger partial charge in [-0.15, -0.1) is 0 Å². The second-order valence-corrected chi connectivity index (χ2v) is 4.42. The Balaban J connectivity index is 2.15. The van der Waals surface area contributed by atoms with E-state index in [0.717, 1.165) is 16.7 Å². The van der Waals surface area contributed by atoms with Crippen LogP contribution < -0.4 is 5.56 Å². The molecular formula is C14H14N2O3. The van der Waals surface area contributed by atoms with Crippen LogP contribution in [-0.4, -0.2) is 20.9 Å². The Morgan fingerprint density at radius 2 is 1.89 bits per heavy atom. The minimum absolute atomic E-state index is 0.00299. The van der Waals surface area contributed by atoms with Crippen LogP contribution in [0.1, 0.15) is 16.7 Å². The molecule has 1 heterocycles. The van der Waals surface area contributed by atoms with E-state index in [2.05, 4.69) is 5.10 Å². The first-order valence-corrected chi connectivity index (χ1v) is 5.88. The summed E-state index contributed by atoms with van der Waals surface area (Å²) in [6.45, 7) is 2.20. The van der Waals surface area contributed by atoms with Gasteiger partial charge >= 0.3 is 5.97 Å². The number of aromatic nitrogens is 2. The third-order valence-corrected chi connectivity index (χ3v) is 2.72. The lowest BCUT2D eigenvalue weighted by Gasteiger charge is -2.05. The van der Waals surface area contributed by atoms with Crippen molar-refractivity contribution in [1.29, 1.82) is 0 Å². The topological polar surface area (TPSA) is 72.2 Å². The summed E-state index contributed by atoms with van der Waals surface area (Å²) in [5, 5.41) is 12.7. The molecule has 0 fully saturated rings. The van der Waals surface area contributed by atoms with Gasteiger partial charge in [0.15, 0.2) is 0 Å². The fourth-order valence-electron chi connectivity index (χ4n) is 1.75. The first kappa shape index (κ1) is 13.0. The summed E-state index contributed by atoms with van der Waals surface area (Å²) in [4.78, 5) is 22.2. The Kier molecular flexibility index (Phi) is 3.75. The van der Waals surface area contributed by atoms with Gasteiger partial charge in [0, 0.05) is 6.07 Å². The average molecular weight is 258 g/mol. The maximum absolute atomic E-state index is 11.7. The summed E-state index contributed by atoms with van der Waals surface area (Å²) >= 11 is 0. The van der Waals surface area contributed by atoms with Gasteiger partial charge in [-0.1, -0.05) is 24.3 Å². The summed E-state index contributed by atoms with van der Waals surface area (Å²) in [6.07, 6.45) is 1.64. The third-order valence-electron chi connectivity index (χ3n) is 2.72. The highest BCUT2D eigenvalue weighted by atomic mass is 16.4. The molecule has 0 saturated heterocycles. The van der Waals surface area contributed by atoms with E-state index >= 15 is 0 Å².